The first-order valence-electron chi connectivity index (χ1n) is 4.24. The van der Waals surface area contributed by atoms with E-state index in [1.165, 1.54) is 25.1 Å². The average Bonchev–Trinajstić information content (AvgIpc) is 2.11. The van der Waals surface area contributed by atoms with Gasteiger partial charge < -0.3 is 5.32 Å². The molecule has 1 aromatic carbocycles. The van der Waals surface area contributed by atoms with Gasteiger partial charge in [-0.2, -0.15) is 0 Å². The first kappa shape index (κ1) is 11.7. The van der Waals surface area contributed by atoms with Gasteiger partial charge in [-0.3, -0.25) is 9.59 Å². The number of benzene rings is 1. The standard InChI is InChI=1S/C10H9ClFNO2/c1-6(14)5-9(15)13-8-4-2-3-7(11)10(8)12/h2-4H,5H2,1H3,(H,13,15). The van der Waals surface area contributed by atoms with Crippen molar-refractivity contribution in [2.75, 3.05) is 5.32 Å². The molecule has 0 atom stereocenters. The van der Waals surface area contributed by atoms with Crippen molar-refractivity contribution in [1.82, 2.24) is 0 Å². The highest BCUT2D eigenvalue weighted by Crippen LogP contribution is 2.21. The zero-order valence-electron chi connectivity index (χ0n) is 8.01. The summed E-state index contributed by atoms with van der Waals surface area (Å²) in [7, 11) is 0. The van der Waals surface area contributed by atoms with Gasteiger partial charge in [-0.05, 0) is 19.1 Å². The van der Waals surface area contributed by atoms with E-state index in [1.807, 2.05) is 0 Å². The van der Waals surface area contributed by atoms with E-state index in [0.29, 0.717) is 0 Å². The zero-order chi connectivity index (χ0) is 11.4. The number of ketones is 1. The molecule has 0 aliphatic carbocycles. The van der Waals surface area contributed by atoms with Gasteiger partial charge in [-0.25, -0.2) is 4.39 Å². The van der Waals surface area contributed by atoms with E-state index in [9.17, 15) is 14.0 Å². The number of carbonyl (C=O) groups is 2. The molecule has 0 unspecified atom stereocenters. The van der Waals surface area contributed by atoms with Crippen LogP contribution in [0.25, 0.3) is 0 Å². The summed E-state index contributed by atoms with van der Waals surface area (Å²) in [5, 5.41) is 2.19. The number of carbonyl (C=O) groups excluding carboxylic acids is 2. The zero-order valence-corrected chi connectivity index (χ0v) is 8.77. The summed E-state index contributed by atoms with van der Waals surface area (Å²) in [6.45, 7) is 1.29. The lowest BCUT2D eigenvalue weighted by molar-refractivity contribution is -0.124. The molecule has 1 amide bonds. The Bertz CT molecular complexity index is 406. The highest BCUT2D eigenvalue weighted by Gasteiger charge is 2.10. The van der Waals surface area contributed by atoms with E-state index in [-0.39, 0.29) is 22.9 Å². The predicted octanol–water partition coefficient (Wildman–Crippen LogP) is 2.40. The van der Waals surface area contributed by atoms with Crippen LogP contribution in [0.3, 0.4) is 0 Å². The minimum atomic E-state index is -0.698. The number of rotatable bonds is 3. The molecule has 0 bridgehead atoms. The Labute approximate surface area is 91.2 Å². The summed E-state index contributed by atoms with van der Waals surface area (Å²) in [5.74, 6) is -1.53. The van der Waals surface area contributed by atoms with Crippen molar-refractivity contribution in [3.8, 4) is 0 Å². The molecule has 0 saturated heterocycles. The maximum absolute atomic E-state index is 13.3. The molecular formula is C10H9ClFNO2. The second kappa shape index (κ2) is 4.89. The number of Topliss-reactive ketones (excluding diaryl/α,β-unsaturated/α-hetero) is 1. The largest absolute Gasteiger partial charge is 0.323 e. The molecule has 0 aromatic heterocycles. The van der Waals surface area contributed by atoms with Crippen LogP contribution in [0.1, 0.15) is 13.3 Å². The molecule has 1 N–H and O–H groups in total. The Morgan fingerprint density at radius 2 is 2.13 bits per heavy atom. The van der Waals surface area contributed by atoms with E-state index in [0.717, 1.165) is 0 Å². The first-order chi connectivity index (χ1) is 7.00. The molecule has 0 aliphatic heterocycles. The first-order valence-corrected chi connectivity index (χ1v) is 4.62. The Kier molecular flexibility index (Phi) is 3.80. The van der Waals surface area contributed by atoms with Crippen molar-refractivity contribution >= 4 is 29.0 Å². The van der Waals surface area contributed by atoms with Crippen molar-refractivity contribution in [2.24, 2.45) is 0 Å². The quantitative estimate of drug-likeness (QED) is 0.809. The molecule has 0 saturated carbocycles. The number of amides is 1. The summed E-state index contributed by atoms with van der Waals surface area (Å²) < 4.78 is 13.3. The van der Waals surface area contributed by atoms with Crippen molar-refractivity contribution in [1.29, 1.82) is 0 Å². The van der Waals surface area contributed by atoms with E-state index < -0.39 is 11.7 Å². The molecule has 15 heavy (non-hydrogen) atoms. The van der Waals surface area contributed by atoms with Crippen molar-refractivity contribution in [3.05, 3.63) is 29.0 Å². The summed E-state index contributed by atoms with van der Waals surface area (Å²) in [4.78, 5) is 21.8. The minimum Gasteiger partial charge on any atom is -0.323 e. The van der Waals surface area contributed by atoms with E-state index in [1.54, 1.807) is 0 Å². The maximum atomic E-state index is 13.3. The summed E-state index contributed by atoms with van der Waals surface area (Å²) in [6, 6.07) is 4.26. The molecule has 0 aliphatic rings. The van der Waals surface area contributed by atoms with Crippen LogP contribution in [-0.2, 0) is 9.59 Å². The van der Waals surface area contributed by atoms with Crippen LogP contribution in [0.4, 0.5) is 10.1 Å². The third-order valence-corrected chi connectivity index (χ3v) is 1.93. The molecule has 5 heteroatoms. The van der Waals surface area contributed by atoms with Crippen molar-refractivity contribution < 1.29 is 14.0 Å². The molecule has 80 valence electrons. The monoisotopic (exact) mass is 229 g/mol. The molecule has 1 rings (SSSR count). The van der Waals surface area contributed by atoms with Gasteiger partial charge in [0.05, 0.1) is 17.1 Å². The van der Waals surface area contributed by atoms with Gasteiger partial charge in [0, 0.05) is 0 Å². The van der Waals surface area contributed by atoms with Crippen molar-refractivity contribution in [3.63, 3.8) is 0 Å². The van der Waals surface area contributed by atoms with Crippen LogP contribution in [-0.4, -0.2) is 11.7 Å². The van der Waals surface area contributed by atoms with Gasteiger partial charge in [0.1, 0.15) is 5.78 Å². The number of halogens is 2. The lowest BCUT2D eigenvalue weighted by Crippen LogP contribution is -2.15. The third-order valence-electron chi connectivity index (χ3n) is 1.64. The number of anilines is 1. The van der Waals surface area contributed by atoms with Crippen molar-refractivity contribution in [2.45, 2.75) is 13.3 Å². The summed E-state index contributed by atoms with van der Waals surface area (Å²) >= 11 is 5.51. The smallest absolute Gasteiger partial charge is 0.231 e. The topological polar surface area (TPSA) is 46.2 Å². The molecule has 0 radical (unpaired) electrons. The van der Waals surface area contributed by atoms with Crippen LogP contribution in [0, 0.1) is 5.82 Å². The molecule has 0 fully saturated rings. The van der Waals surface area contributed by atoms with Gasteiger partial charge >= 0.3 is 0 Å². The predicted molar refractivity (Wildman–Crippen MR) is 55.3 cm³/mol. The maximum Gasteiger partial charge on any atom is 0.231 e. The van der Waals surface area contributed by atoms with Crippen LogP contribution in [0.5, 0.6) is 0 Å². The Balaban J connectivity index is 2.77. The Morgan fingerprint density at radius 3 is 2.73 bits per heavy atom. The van der Waals surface area contributed by atoms with Gasteiger partial charge in [-0.15, -0.1) is 0 Å². The Hall–Kier alpha value is -1.42. The van der Waals surface area contributed by atoms with E-state index in [4.69, 9.17) is 11.6 Å². The number of hydrogen-bond donors (Lipinski definition) is 1. The highest BCUT2D eigenvalue weighted by molar-refractivity contribution is 6.31. The fourth-order valence-corrected chi connectivity index (χ4v) is 1.20. The molecule has 1 aromatic rings. The fraction of sp³-hybridized carbons (Fsp3) is 0.200. The van der Waals surface area contributed by atoms with Gasteiger partial charge in [0.25, 0.3) is 0 Å². The SMILES string of the molecule is CC(=O)CC(=O)Nc1cccc(Cl)c1F. The van der Waals surface area contributed by atoms with Crippen LogP contribution < -0.4 is 5.32 Å². The molecule has 0 heterocycles. The fourth-order valence-electron chi connectivity index (χ4n) is 1.02. The molecule has 0 spiro atoms. The summed E-state index contributed by atoms with van der Waals surface area (Å²) in [6.07, 6.45) is -0.272. The third kappa shape index (κ3) is 3.32. The van der Waals surface area contributed by atoms with Crippen LogP contribution >= 0.6 is 11.6 Å². The van der Waals surface area contributed by atoms with Gasteiger partial charge in [0.2, 0.25) is 5.91 Å². The van der Waals surface area contributed by atoms with E-state index in [2.05, 4.69) is 5.32 Å². The van der Waals surface area contributed by atoms with Gasteiger partial charge in [-0.1, -0.05) is 17.7 Å². The van der Waals surface area contributed by atoms with Crippen LogP contribution in [0.2, 0.25) is 5.02 Å². The highest BCUT2D eigenvalue weighted by atomic mass is 35.5. The number of hydrogen-bond acceptors (Lipinski definition) is 2. The minimum absolute atomic E-state index is 0.0197. The van der Waals surface area contributed by atoms with E-state index >= 15 is 0 Å². The lowest BCUT2D eigenvalue weighted by atomic mass is 10.2. The molecule has 3 nitrogen and oxygen atoms in total. The second-order valence-corrected chi connectivity index (χ2v) is 3.44. The summed E-state index contributed by atoms with van der Waals surface area (Å²) in [5.41, 5.74) is -0.0197. The Morgan fingerprint density at radius 1 is 1.47 bits per heavy atom. The lowest BCUT2D eigenvalue weighted by Gasteiger charge is -2.05. The molecular weight excluding hydrogens is 221 g/mol. The van der Waals surface area contributed by atoms with Gasteiger partial charge in [0.15, 0.2) is 5.82 Å². The normalized spacial score (nSPS) is 9.80. The second-order valence-electron chi connectivity index (χ2n) is 3.03. The number of nitrogens with one attached hydrogen (secondary N) is 1. The van der Waals surface area contributed by atoms with Crippen LogP contribution in [0.15, 0.2) is 18.2 Å². The average molecular weight is 230 g/mol.